The van der Waals surface area contributed by atoms with E-state index in [9.17, 15) is 0 Å². The Bertz CT molecular complexity index is 344. The van der Waals surface area contributed by atoms with Crippen LogP contribution in [0.2, 0.25) is 0 Å². The van der Waals surface area contributed by atoms with Crippen LogP contribution in [0.25, 0.3) is 0 Å². The largest absolute Gasteiger partial charge is 0.356 e. The first-order valence-electron chi connectivity index (χ1n) is 6.60. The average Bonchev–Trinajstić information content (AvgIpc) is 2.42. The van der Waals surface area contributed by atoms with Gasteiger partial charge < -0.3 is 10.2 Å². The lowest BCUT2D eigenvalue weighted by molar-refractivity contribution is 0.664. The van der Waals surface area contributed by atoms with E-state index in [1.807, 2.05) is 18.0 Å². The number of thioether (sulfide) groups is 1. The van der Waals surface area contributed by atoms with Crippen molar-refractivity contribution in [2.75, 3.05) is 30.5 Å². The Hall–Kier alpha value is -0.740. The van der Waals surface area contributed by atoms with Crippen LogP contribution in [-0.4, -0.2) is 36.6 Å². The van der Waals surface area contributed by atoms with Crippen LogP contribution in [0.5, 0.6) is 0 Å². The molecule has 1 N–H and O–H groups in total. The summed E-state index contributed by atoms with van der Waals surface area (Å²) in [5, 5.41) is 3.35. The summed E-state index contributed by atoms with van der Waals surface area (Å²) in [5.41, 5.74) is 1.30. The van der Waals surface area contributed by atoms with Crippen molar-refractivity contribution in [1.82, 2.24) is 10.3 Å². The zero-order valence-electron chi connectivity index (χ0n) is 11.9. The van der Waals surface area contributed by atoms with Gasteiger partial charge in [0, 0.05) is 31.6 Å². The summed E-state index contributed by atoms with van der Waals surface area (Å²) < 4.78 is 0. The summed E-state index contributed by atoms with van der Waals surface area (Å²) >= 11 is 1.89. The predicted molar refractivity (Wildman–Crippen MR) is 82.5 cm³/mol. The molecular formula is C14H25N3S. The van der Waals surface area contributed by atoms with Crippen LogP contribution in [0.3, 0.4) is 0 Å². The highest BCUT2D eigenvalue weighted by atomic mass is 32.2. The van der Waals surface area contributed by atoms with Crippen molar-refractivity contribution in [2.24, 2.45) is 0 Å². The van der Waals surface area contributed by atoms with Crippen molar-refractivity contribution >= 4 is 17.6 Å². The number of nitrogens with one attached hydrogen (secondary N) is 1. The van der Waals surface area contributed by atoms with Gasteiger partial charge in [0.2, 0.25) is 0 Å². The average molecular weight is 267 g/mol. The molecule has 1 atom stereocenters. The lowest BCUT2D eigenvalue weighted by atomic mass is 10.2. The molecule has 1 unspecified atom stereocenters. The highest BCUT2D eigenvalue weighted by molar-refractivity contribution is 7.98. The third kappa shape index (κ3) is 4.50. The second-order valence-electron chi connectivity index (χ2n) is 4.43. The van der Waals surface area contributed by atoms with E-state index in [0.717, 1.165) is 31.1 Å². The van der Waals surface area contributed by atoms with Crippen LogP contribution in [0.1, 0.15) is 25.8 Å². The van der Waals surface area contributed by atoms with E-state index in [4.69, 9.17) is 0 Å². The molecule has 18 heavy (non-hydrogen) atoms. The fraction of sp³-hybridized carbons (Fsp3) is 0.643. The lowest BCUT2D eigenvalue weighted by Gasteiger charge is -2.28. The smallest absolute Gasteiger partial charge is 0.128 e. The van der Waals surface area contributed by atoms with Crippen LogP contribution in [-0.2, 0) is 6.54 Å². The Morgan fingerprint density at radius 3 is 2.83 bits per heavy atom. The number of aromatic nitrogens is 1. The Balaban J connectivity index is 2.74. The van der Waals surface area contributed by atoms with Crippen molar-refractivity contribution < 1.29 is 0 Å². The van der Waals surface area contributed by atoms with Crippen LogP contribution in [0, 0.1) is 0 Å². The van der Waals surface area contributed by atoms with Gasteiger partial charge in [-0.3, -0.25) is 0 Å². The zero-order valence-corrected chi connectivity index (χ0v) is 12.8. The quantitative estimate of drug-likeness (QED) is 0.784. The van der Waals surface area contributed by atoms with Gasteiger partial charge >= 0.3 is 0 Å². The first-order valence-corrected chi connectivity index (χ1v) is 7.99. The van der Waals surface area contributed by atoms with Gasteiger partial charge in [-0.1, -0.05) is 13.8 Å². The van der Waals surface area contributed by atoms with Gasteiger partial charge in [0.05, 0.1) is 0 Å². The van der Waals surface area contributed by atoms with Gasteiger partial charge in [-0.05, 0) is 36.9 Å². The SMILES string of the molecule is CCNCc1ccnc(N(C)C(CC)CSC)c1. The lowest BCUT2D eigenvalue weighted by Crippen LogP contribution is -2.33. The van der Waals surface area contributed by atoms with Crippen molar-refractivity contribution in [3.8, 4) is 0 Å². The molecule has 0 spiro atoms. The number of hydrogen-bond acceptors (Lipinski definition) is 4. The van der Waals surface area contributed by atoms with Gasteiger partial charge in [-0.15, -0.1) is 0 Å². The summed E-state index contributed by atoms with van der Waals surface area (Å²) in [6.45, 7) is 6.27. The molecule has 4 heteroatoms. The molecule has 0 amide bonds. The Morgan fingerprint density at radius 1 is 1.44 bits per heavy atom. The number of pyridine rings is 1. The fourth-order valence-corrected chi connectivity index (χ4v) is 2.76. The Morgan fingerprint density at radius 2 is 2.22 bits per heavy atom. The molecule has 102 valence electrons. The minimum atomic E-state index is 0.557. The molecule has 1 aromatic heterocycles. The minimum Gasteiger partial charge on any atom is -0.356 e. The standard InChI is InChI=1S/C14H25N3S/c1-5-13(11-18-4)17(3)14-9-12(7-8-16-14)10-15-6-2/h7-9,13,15H,5-6,10-11H2,1-4H3. The molecule has 0 aliphatic carbocycles. The minimum absolute atomic E-state index is 0.557. The highest BCUT2D eigenvalue weighted by Crippen LogP contribution is 2.17. The predicted octanol–water partition coefficient (Wildman–Crippen LogP) is 2.77. The number of hydrogen-bond donors (Lipinski definition) is 1. The molecule has 3 nitrogen and oxygen atoms in total. The summed E-state index contributed by atoms with van der Waals surface area (Å²) in [6, 6.07) is 4.82. The summed E-state index contributed by atoms with van der Waals surface area (Å²) in [6.07, 6.45) is 5.21. The molecule has 1 rings (SSSR count). The molecule has 1 aromatic rings. The molecule has 0 bridgehead atoms. The molecule has 0 saturated carbocycles. The summed E-state index contributed by atoms with van der Waals surface area (Å²) in [7, 11) is 2.14. The van der Waals surface area contributed by atoms with E-state index in [2.05, 4.69) is 54.5 Å². The molecule has 1 heterocycles. The van der Waals surface area contributed by atoms with Crippen LogP contribution in [0.15, 0.2) is 18.3 Å². The molecule has 0 radical (unpaired) electrons. The first kappa shape index (κ1) is 15.3. The van der Waals surface area contributed by atoms with Gasteiger partial charge in [-0.25, -0.2) is 4.98 Å². The fourth-order valence-electron chi connectivity index (χ4n) is 1.92. The van der Waals surface area contributed by atoms with Crippen molar-refractivity contribution in [2.45, 2.75) is 32.9 Å². The third-order valence-electron chi connectivity index (χ3n) is 3.13. The second-order valence-corrected chi connectivity index (χ2v) is 5.34. The van der Waals surface area contributed by atoms with Gasteiger partial charge in [0.1, 0.15) is 5.82 Å². The normalized spacial score (nSPS) is 12.4. The van der Waals surface area contributed by atoms with Crippen molar-refractivity contribution in [3.05, 3.63) is 23.9 Å². The maximum atomic E-state index is 4.49. The molecule has 0 aliphatic rings. The van der Waals surface area contributed by atoms with Crippen molar-refractivity contribution in [3.63, 3.8) is 0 Å². The zero-order chi connectivity index (χ0) is 13.4. The van der Waals surface area contributed by atoms with E-state index in [-0.39, 0.29) is 0 Å². The van der Waals surface area contributed by atoms with Crippen molar-refractivity contribution in [1.29, 1.82) is 0 Å². The van der Waals surface area contributed by atoms with E-state index < -0.39 is 0 Å². The Kier molecular flexibility index (Phi) is 7.13. The second kappa shape index (κ2) is 8.38. The molecule has 0 saturated heterocycles. The number of nitrogens with zero attached hydrogens (tertiary/aromatic N) is 2. The molecule has 0 aliphatic heterocycles. The maximum Gasteiger partial charge on any atom is 0.128 e. The maximum absolute atomic E-state index is 4.49. The summed E-state index contributed by atoms with van der Waals surface area (Å²) in [5.74, 6) is 2.22. The third-order valence-corrected chi connectivity index (χ3v) is 3.85. The van der Waals surface area contributed by atoms with Gasteiger partial charge in [0.15, 0.2) is 0 Å². The number of rotatable bonds is 8. The first-order chi connectivity index (χ1) is 8.72. The number of anilines is 1. The van der Waals surface area contributed by atoms with E-state index in [0.29, 0.717) is 6.04 Å². The van der Waals surface area contributed by atoms with Gasteiger partial charge in [-0.2, -0.15) is 11.8 Å². The van der Waals surface area contributed by atoms with E-state index in [1.165, 1.54) is 5.56 Å². The van der Waals surface area contributed by atoms with Crippen LogP contribution in [0.4, 0.5) is 5.82 Å². The monoisotopic (exact) mass is 267 g/mol. The van der Waals surface area contributed by atoms with Crippen LogP contribution >= 0.6 is 11.8 Å². The summed E-state index contributed by atoms with van der Waals surface area (Å²) in [4.78, 5) is 6.78. The molecule has 0 fully saturated rings. The molecule has 0 aromatic carbocycles. The van der Waals surface area contributed by atoms with Gasteiger partial charge in [0.25, 0.3) is 0 Å². The highest BCUT2D eigenvalue weighted by Gasteiger charge is 2.13. The molecular weight excluding hydrogens is 242 g/mol. The topological polar surface area (TPSA) is 28.2 Å². The van der Waals surface area contributed by atoms with E-state index in [1.54, 1.807) is 0 Å². The van der Waals surface area contributed by atoms with E-state index >= 15 is 0 Å². The Labute approximate surface area is 115 Å². The van der Waals surface area contributed by atoms with Crippen LogP contribution < -0.4 is 10.2 Å².